The molecule has 0 radical (unpaired) electrons. The van der Waals surface area contributed by atoms with Crippen molar-refractivity contribution in [2.75, 3.05) is 0 Å². The number of unbranched alkanes of at least 4 members (excludes halogenated alkanes) is 1. The second-order valence-electron chi connectivity index (χ2n) is 1.41. The summed E-state index contributed by atoms with van der Waals surface area (Å²) in [5.41, 5.74) is 0. The van der Waals surface area contributed by atoms with Gasteiger partial charge in [-0.15, -0.1) is 6.58 Å². The molecular formula is C7H22N2. The molecule has 6 N–H and O–H groups in total. The van der Waals surface area contributed by atoms with Gasteiger partial charge in [0, 0.05) is 0 Å². The summed E-state index contributed by atoms with van der Waals surface area (Å²) >= 11 is 0. The molecule has 0 heterocycles. The van der Waals surface area contributed by atoms with E-state index in [1.807, 2.05) is 6.92 Å². The Labute approximate surface area is 59.5 Å². The lowest BCUT2D eigenvalue weighted by Gasteiger charge is -1.68. The first-order chi connectivity index (χ1) is 3.33. The molecule has 0 unspecified atom stereocenters. The standard InChI is InChI=1S/C4H10.C3H6.2H3N/c1-3-4-2;1-3-2;;/h3-4H2,1-2H3;3H,1H2,2H3;2*1H3. The quantitative estimate of drug-likeness (QED) is 0.540. The monoisotopic (exact) mass is 134 g/mol. The highest BCUT2D eigenvalue weighted by Gasteiger charge is 1.56. The van der Waals surface area contributed by atoms with E-state index in [0.29, 0.717) is 0 Å². The minimum absolute atomic E-state index is 0. The minimum atomic E-state index is 0. The molecule has 0 amide bonds. The Kier molecular flexibility index (Phi) is 125. The van der Waals surface area contributed by atoms with Crippen LogP contribution in [0.1, 0.15) is 33.6 Å². The molecule has 2 heteroatoms. The van der Waals surface area contributed by atoms with E-state index in [4.69, 9.17) is 0 Å². The number of hydrogen-bond donors (Lipinski definition) is 2. The van der Waals surface area contributed by atoms with Crippen LogP contribution in [0.2, 0.25) is 0 Å². The summed E-state index contributed by atoms with van der Waals surface area (Å²) in [6.45, 7) is 9.61. The molecule has 0 fully saturated rings. The van der Waals surface area contributed by atoms with Crippen molar-refractivity contribution in [2.24, 2.45) is 0 Å². The Morgan fingerprint density at radius 1 is 1.11 bits per heavy atom. The van der Waals surface area contributed by atoms with Gasteiger partial charge >= 0.3 is 0 Å². The summed E-state index contributed by atoms with van der Waals surface area (Å²) < 4.78 is 0. The van der Waals surface area contributed by atoms with Crippen LogP contribution in [-0.4, -0.2) is 0 Å². The molecule has 0 aromatic carbocycles. The molecule has 0 spiro atoms. The van der Waals surface area contributed by atoms with Crippen molar-refractivity contribution in [1.29, 1.82) is 0 Å². The smallest absolute Gasteiger partial charge is 0.0473 e. The maximum Gasteiger partial charge on any atom is -0.0473 e. The van der Waals surface area contributed by atoms with E-state index in [9.17, 15) is 0 Å². The highest BCUT2D eigenvalue weighted by molar-refractivity contribution is 4.51. The third-order valence-corrected chi connectivity index (χ3v) is 0.500. The van der Waals surface area contributed by atoms with E-state index in [-0.39, 0.29) is 12.3 Å². The van der Waals surface area contributed by atoms with Gasteiger partial charge in [-0.25, -0.2) is 0 Å². The lowest BCUT2D eigenvalue weighted by molar-refractivity contribution is 0.886. The van der Waals surface area contributed by atoms with Crippen molar-refractivity contribution >= 4 is 0 Å². The Morgan fingerprint density at radius 3 is 1.22 bits per heavy atom. The van der Waals surface area contributed by atoms with Crippen LogP contribution in [0.4, 0.5) is 0 Å². The summed E-state index contributed by atoms with van der Waals surface area (Å²) in [6, 6.07) is 0. The second-order valence-corrected chi connectivity index (χ2v) is 1.41. The molecular weight excluding hydrogens is 112 g/mol. The fourth-order valence-electron chi connectivity index (χ4n) is 0. The molecule has 0 atom stereocenters. The number of hydrogen-bond acceptors (Lipinski definition) is 2. The summed E-state index contributed by atoms with van der Waals surface area (Å²) in [6.07, 6.45) is 4.39. The number of allylic oxidation sites excluding steroid dienone is 1. The zero-order chi connectivity index (χ0) is 6.12. The summed E-state index contributed by atoms with van der Waals surface area (Å²) in [5.74, 6) is 0. The minimum Gasteiger partial charge on any atom is -0.344 e. The molecule has 0 aliphatic carbocycles. The van der Waals surface area contributed by atoms with Crippen LogP contribution in [0.25, 0.3) is 0 Å². The Hall–Kier alpha value is -0.340. The maximum absolute atomic E-state index is 3.36. The summed E-state index contributed by atoms with van der Waals surface area (Å²) in [5, 5.41) is 0. The third-order valence-electron chi connectivity index (χ3n) is 0.500. The molecule has 0 saturated carbocycles. The molecule has 9 heavy (non-hydrogen) atoms. The van der Waals surface area contributed by atoms with E-state index in [1.54, 1.807) is 6.08 Å². The first-order valence-electron chi connectivity index (χ1n) is 2.90. The lowest BCUT2D eigenvalue weighted by atomic mass is 10.4. The summed E-state index contributed by atoms with van der Waals surface area (Å²) in [4.78, 5) is 0. The zero-order valence-corrected chi connectivity index (χ0v) is 7.11. The van der Waals surface area contributed by atoms with Gasteiger partial charge in [0.25, 0.3) is 0 Å². The van der Waals surface area contributed by atoms with Crippen LogP contribution < -0.4 is 12.3 Å². The maximum atomic E-state index is 3.36. The van der Waals surface area contributed by atoms with Crippen molar-refractivity contribution in [1.82, 2.24) is 12.3 Å². The average Bonchev–Trinajstić information content (AvgIpc) is 1.69. The molecule has 60 valence electrons. The molecule has 0 bridgehead atoms. The molecule has 0 saturated heterocycles. The van der Waals surface area contributed by atoms with Crippen LogP contribution in [0.3, 0.4) is 0 Å². The molecule has 0 aliphatic heterocycles. The van der Waals surface area contributed by atoms with Gasteiger partial charge in [-0.3, -0.25) is 0 Å². The highest BCUT2D eigenvalue weighted by atomic mass is 14.0. The first-order valence-corrected chi connectivity index (χ1v) is 2.90. The summed E-state index contributed by atoms with van der Waals surface area (Å²) in [7, 11) is 0. The van der Waals surface area contributed by atoms with Gasteiger partial charge in [0.05, 0.1) is 0 Å². The van der Waals surface area contributed by atoms with E-state index in [0.717, 1.165) is 0 Å². The Bertz CT molecular complexity index is 26.1. The normalized spacial score (nSPS) is 4.78. The van der Waals surface area contributed by atoms with Gasteiger partial charge in [-0.1, -0.05) is 32.8 Å². The molecule has 0 aromatic rings. The van der Waals surface area contributed by atoms with E-state index in [2.05, 4.69) is 20.4 Å². The van der Waals surface area contributed by atoms with Crippen molar-refractivity contribution < 1.29 is 0 Å². The second kappa shape index (κ2) is 48.0. The Balaban J connectivity index is -0.0000000233. The van der Waals surface area contributed by atoms with Gasteiger partial charge in [0.1, 0.15) is 0 Å². The lowest BCUT2D eigenvalue weighted by Crippen LogP contribution is -1.47. The average molecular weight is 134 g/mol. The molecule has 0 rings (SSSR count). The molecule has 0 aliphatic rings. The van der Waals surface area contributed by atoms with Crippen molar-refractivity contribution in [3.05, 3.63) is 12.7 Å². The van der Waals surface area contributed by atoms with Gasteiger partial charge in [0.2, 0.25) is 0 Å². The fraction of sp³-hybridized carbons (Fsp3) is 0.714. The van der Waals surface area contributed by atoms with Crippen LogP contribution >= 0.6 is 0 Å². The third kappa shape index (κ3) is 563. The van der Waals surface area contributed by atoms with Crippen molar-refractivity contribution in [3.63, 3.8) is 0 Å². The van der Waals surface area contributed by atoms with Gasteiger partial charge in [-0.05, 0) is 6.92 Å². The predicted molar refractivity (Wildman–Crippen MR) is 46.5 cm³/mol. The largest absolute Gasteiger partial charge is 0.344 e. The van der Waals surface area contributed by atoms with E-state index < -0.39 is 0 Å². The van der Waals surface area contributed by atoms with Gasteiger partial charge in [-0.2, -0.15) is 0 Å². The van der Waals surface area contributed by atoms with Gasteiger partial charge < -0.3 is 12.3 Å². The predicted octanol–water partition coefficient (Wildman–Crippen LogP) is 3.32. The van der Waals surface area contributed by atoms with Crippen molar-refractivity contribution in [2.45, 2.75) is 33.6 Å². The van der Waals surface area contributed by atoms with Crippen molar-refractivity contribution in [3.8, 4) is 0 Å². The fourth-order valence-corrected chi connectivity index (χ4v) is 0. The first kappa shape index (κ1) is 23.4. The molecule has 2 nitrogen and oxygen atoms in total. The van der Waals surface area contributed by atoms with Gasteiger partial charge in [0.15, 0.2) is 0 Å². The van der Waals surface area contributed by atoms with E-state index in [1.165, 1.54) is 12.8 Å². The number of rotatable bonds is 1. The van der Waals surface area contributed by atoms with Crippen LogP contribution in [-0.2, 0) is 0 Å². The van der Waals surface area contributed by atoms with Crippen LogP contribution in [0.15, 0.2) is 12.7 Å². The zero-order valence-electron chi connectivity index (χ0n) is 7.11. The topological polar surface area (TPSA) is 70.0 Å². The van der Waals surface area contributed by atoms with E-state index >= 15 is 0 Å². The highest BCUT2D eigenvalue weighted by Crippen LogP contribution is 1.76. The SMILES string of the molecule is C=CC.CCCC.N.N. The Morgan fingerprint density at radius 2 is 1.22 bits per heavy atom. The molecule has 0 aromatic heterocycles. The van der Waals surface area contributed by atoms with Crippen LogP contribution in [0.5, 0.6) is 0 Å². The van der Waals surface area contributed by atoms with Crippen LogP contribution in [0, 0.1) is 0 Å².